The van der Waals surface area contributed by atoms with Crippen molar-refractivity contribution in [2.45, 2.75) is 44.2 Å². The number of amides is 1. The van der Waals surface area contributed by atoms with Crippen molar-refractivity contribution in [2.75, 3.05) is 20.1 Å². The Labute approximate surface area is 144 Å². The summed E-state index contributed by atoms with van der Waals surface area (Å²) in [5.74, 6) is 0.0801. The molecule has 2 N–H and O–H groups in total. The molecule has 0 saturated carbocycles. The molecule has 7 heteroatoms. The number of sulfonamides is 1. The minimum Gasteiger partial charge on any atom is -0.352 e. The van der Waals surface area contributed by atoms with Crippen LogP contribution >= 0.6 is 0 Å². The van der Waals surface area contributed by atoms with Crippen molar-refractivity contribution < 1.29 is 13.2 Å². The van der Waals surface area contributed by atoms with Gasteiger partial charge in [-0.3, -0.25) is 4.79 Å². The van der Waals surface area contributed by atoms with Crippen molar-refractivity contribution in [1.82, 2.24) is 14.9 Å². The third-order valence-corrected chi connectivity index (χ3v) is 6.51. The van der Waals surface area contributed by atoms with Gasteiger partial charge in [0.05, 0.1) is 10.8 Å². The number of carbonyl (C=O) groups is 1. The van der Waals surface area contributed by atoms with Crippen LogP contribution in [0.2, 0.25) is 0 Å². The predicted molar refractivity (Wildman–Crippen MR) is 94.0 cm³/mol. The van der Waals surface area contributed by atoms with E-state index in [4.69, 9.17) is 0 Å². The van der Waals surface area contributed by atoms with Crippen LogP contribution in [-0.2, 0) is 21.4 Å². The van der Waals surface area contributed by atoms with Crippen molar-refractivity contribution in [3.05, 3.63) is 29.8 Å². The molecule has 0 aromatic heterocycles. The molecular formula is C17H27N3O3S. The van der Waals surface area contributed by atoms with Gasteiger partial charge in [0.25, 0.3) is 0 Å². The third kappa shape index (κ3) is 4.55. The first-order valence-electron chi connectivity index (χ1n) is 8.38. The van der Waals surface area contributed by atoms with Crippen LogP contribution in [-0.4, -0.2) is 44.8 Å². The number of hydrogen-bond acceptors (Lipinski definition) is 4. The van der Waals surface area contributed by atoms with Gasteiger partial charge in [0.15, 0.2) is 0 Å². The third-order valence-electron chi connectivity index (χ3n) is 4.46. The van der Waals surface area contributed by atoms with Crippen LogP contribution < -0.4 is 10.6 Å². The van der Waals surface area contributed by atoms with E-state index < -0.39 is 10.0 Å². The van der Waals surface area contributed by atoms with E-state index in [1.807, 2.05) is 13.8 Å². The summed E-state index contributed by atoms with van der Waals surface area (Å²) in [4.78, 5) is 12.4. The molecule has 0 bridgehead atoms. The highest BCUT2D eigenvalue weighted by Crippen LogP contribution is 2.17. The van der Waals surface area contributed by atoms with Crippen LogP contribution in [0.1, 0.15) is 32.3 Å². The summed E-state index contributed by atoms with van der Waals surface area (Å²) >= 11 is 0. The van der Waals surface area contributed by atoms with Gasteiger partial charge in [0, 0.05) is 26.2 Å². The van der Waals surface area contributed by atoms with Gasteiger partial charge in [-0.2, -0.15) is 4.31 Å². The van der Waals surface area contributed by atoms with E-state index in [-0.39, 0.29) is 22.8 Å². The van der Waals surface area contributed by atoms with Gasteiger partial charge < -0.3 is 10.6 Å². The Morgan fingerprint density at radius 1 is 1.33 bits per heavy atom. The number of piperidine rings is 1. The van der Waals surface area contributed by atoms with Crippen LogP contribution in [0.15, 0.2) is 29.2 Å². The summed E-state index contributed by atoms with van der Waals surface area (Å²) in [6, 6.07) is 6.59. The Bertz CT molecular complexity index is 650. The lowest BCUT2D eigenvalue weighted by Crippen LogP contribution is -2.40. The van der Waals surface area contributed by atoms with Gasteiger partial charge in [-0.1, -0.05) is 12.1 Å². The Morgan fingerprint density at radius 2 is 2.00 bits per heavy atom. The van der Waals surface area contributed by atoms with Crippen LogP contribution in [0, 0.1) is 5.92 Å². The molecular weight excluding hydrogens is 326 g/mol. The van der Waals surface area contributed by atoms with Crippen LogP contribution in [0.5, 0.6) is 0 Å². The zero-order valence-electron chi connectivity index (χ0n) is 14.6. The Balaban J connectivity index is 1.96. The second kappa shape index (κ2) is 8.09. The van der Waals surface area contributed by atoms with E-state index in [0.717, 1.165) is 31.5 Å². The minimum absolute atomic E-state index is 0.0260. The molecule has 1 aromatic carbocycles. The van der Waals surface area contributed by atoms with Gasteiger partial charge in [0.1, 0.15) is 0 Å². The lowest BCUT2D eigenvalue weighted by atomic mass is 9.99. The maximum atomic E-state index is 12.4. The molecule has 0 aliphatic carbocycles. The number of carbonyl (C=O) groups excluding carboxylic acids is 1. The van der Waals surface area contributed by atoms with Gasteiger partial charge >= 0.3 is 0 Å². The molecule has 1 unspecified atom stereocenters. The standard InChI is InChI=1S/C17H27N3O3S/c1-13(2)20(3)24(22,23)16-8-6-14(7-9-16)11-19-17(21)15-5-4-10-18-12-15/h6-9,13,15,18H,4-5,10-12H2,1-3H3,(H,19,21). The first kappa shape index (κ1) is 18.9. The van der Waals surface area contributed by atoms with E-state index >= 15 is 0 Å². The van der Waals surface area contributed by atoms with Crippen molar-refractivity contribution in [3.63, 3.8) is 0 Å². The van der Waals surface area contributed by atoms with E-state index in [1.54, 1.807) is 31.3 Å². The highest BCUT2D eigenvalue weighted by Gasteiger charge is 2.23. The normalized spacial score (nSPS) is 18.8. The summed E-state index contributed by atoms with van der Waals surface area (Å²) < 4.78 is 26.2. The minimum atomic E-state index is -3.47. The number of hydrogen-bond donors (Lipinski definition) is 2. The molecule has 1 saturated heterocycles. The van der Waals surface area contributed by atoms with Crippen LogP contribution in [0.25, 0.3) is 0 Å². The molecule has 1 amide bonds. The Hall–Kier alpha value is -1.44. The maximum Gasteiger partial charge on any atom is 0.243 e. The molecule has 1 heterocycles. The topological polar surface area (TPSA) is 78.5 Å². The van der Waals surface area contributed by atoms with E-state index in [2.05, 4.69) is 10.6 Å². The lowest BCUT2D eigenvalue weighted by Gasteiger charge is -2.22. The zero-order chi connectivity index (χ0) is 17.7. The quantitative estimate of drug-likeness (QED) is 0.809. The van der Waals surface area contributed by atoms with Crippen LogP contribution in [0.4, 0.5) is 0 Å². The van der Waals surface area contributed by atoms with Gasteiger partial charge in [-0.25, -0.2) is 8.42 Å². The van der Waals surface area contributed by atoms with Gasteiger partial charge in [-0.05, 0) is 50.9 Å². The summed E-state index contributed by atoms with van der Waals surface area (Å²) in [6.07, 6.45) is 1.94. The Morgan fingerprint density at radius 3 is 2.54 bits per heavy atom. The number of benzene rings is 1. The van der Waals surface area contributed by atoms with Crippen LogP contribution in [0.3, 0.4) is 0 Å². The predicted octanol–water partition coefficient (Wildman–Crippen LogP) is 1.33. The molecule has 1 aromatic rings. The molecule has 134 valence electrons. The van der Waals surface area contributed by atoms with Gasteiger partial charge in [0.2, 0.25) is 15.9 Å². The summed E-state index contributed by atoms with van der Waals surface area (Å²) in [5, 5.41) is 6.15. The van der Waals surface area contributed by atoms with Gasteiger partial charge in [-0.15, -0.1) is 0 Å². The van der Waals surface area contributed by atoms with Crippen molar-refractivity contribution in [2.24, 2.45) is 5.92 Å². The van der Waals surface area contributed by atoms with Crippen molar-refractivity contribution in [1.29, 1.82) is 0 Å². The fourth-order valence-electron chi connectivity index (χ4n) is 2.63. The second-order valence-corrected chi connectivity index (χ2v) is 8.52. The van der Waals surface area contributed by atoms with Crippen molar-refractivity contribution in [3.8, 4) is 0 Å². The SMILES string of the molecule is CC(C)N(C)S(=O)(=O)c1ccc(CNC(=O)C2CCCNC2)cc1. The molecule has 0 spiro atoms. The molecule has 1 atom stereocenters. The fourth-order valence-corrected chi connectivity index (χ4v) is 4.00. The first-order chi connectivity index (χ1) is 11.3. The molecule has 1 aliphatic rings. The van der Waals surface area contributed by atoms with Crippen molar-refractivity contribution >= 4 is 15.9 Å². The second-order valence-electron chi connectivity index (χ2n) is 6.52. The number of nitrogens with zero attached hydrogens (tertiary/aromatic N) is 1. The average molecular weight is 353 g/mol. The van der Waals surface area contributed by atoms with E-state index in [1.165, 1.54) is 4.31 Å². The molecule has 1 fully saturated rings. The first-order valence-corrected chi connectivity index (χ1v) is 9.82. The van der Waals surface area contributed by atoms with E-state index in [9.17, 15) is 13.2 Å². The zero-order valence-corrected chi connectivity index (χ0v) is 15.4. The largest absolute Gasteiger partial charge is 0.352 e. The Kier molecular flexibility index (Phi) is 6.37. The summed E-state index contributed by atoms with van der Waals surface area (Å²) in [7, 11) is -1.89. The van der Waals surface area contributed by atoms with E-state index in [0.29, 0.717) is 6.54 Å². The molecule has 0 radical (unpaired) electrons. The molecule has 6 nitrogen and oxygen atoms in total. The molecule has 24 heavy (non-hydrogen) atoms. The monoisotopic (exact) mass is 353 g/mol. The average Bonchev–Trinajstić information content (AvgIpc) is 2.60. The number of nitrogens with one attached hydrogen (secondary N) is 2. The highest BCUT2D eigenvalue weighted by molar-refractivity contribution is 7.89. The summed E-state index contributed by atoms with van der Waals surface area (Å²) in [6.45, 7) is 5.79. The molecule has 1 aliphatic heterocycles. The maximum absolute atomic E-state index is 12.4. The number of rotatable bonds is 6. The smallest absolute Gasteiger partial charge is 0.243 e. The highest BCUT2D eigenvalue weighted by atomic mass is 32.2. The summed E-state index contributed by atoms with van der Waals surface area (Å²) in [5.41, 5.74) is 0.887. The fraction of sp³-hybridized carbons (Fsp3) is 0.588. The lowest BCUT2D eigenvalue weighted by molar-refractivity contribution is -0.125. The molecule has 2 rings (SSSR count).